The number of halogens is 2. The van der Waals surface area contributed by atoms with Crippen molar-refractivity contribution in [1.29, 1.82) is 0 Å². The van der Waals surface area contributed by atoms with Crippen LogP contribution in [0.1, 0.15) is 11.7 Å². The Hall–Kier alpha value is -1.28. The van der Waals surface area contributed by atoms with E-state index >= 15 is 0 Å². The lowest BCUT2D eigenvalue weighted by Gasteiger charge is -2.35. The molecule has 5 nitrogen and oxygen atoms in total. The minimum absolute atomic E-state index is 0.0997. The molecular formula is C16H24F2N2O3. The third-order valence-electron chi connectivity index (χ3n) is 4.00. The summed E-state index contributed by atoms with van der Waals surface area (Å²) in [7, 11) is 1.70. The molecule has 1 atom stereocenters. The Morgan fingerprint density at radius 2 is 1.70 bits per heavy atom. The standard InChI is InChI=1S/C16H24F2N2O3/c1-22-11-10-19-6-8-20(9-7-19)12-15(21)13-2-4-14(5-3-13)23-16(17)18/h2-5,15-16,21H,6-12H2,1H3. The van der Waals surface area contributed by atoms with Crippen molar-refractivity contribution < 1.29 is 23.4 Å². The predicted molar refractivity (Wildman–Crippen MR) is 82.8 cm³/mol. The van der Waals surface area contributed by atoms with Crippen LogP contribution in [0, 0.1) is 0 Å². The lowest BCUT2D eigenvalue weighted by Crippen LogP contribution is -2.48. The van der Waals surface area contributed by atoms with Gasteiger partial charge in [0.05, 0.1) is 12.7 Å². The van der Waals surface area contributed by atoms with Gasteiger partial charge in [0.25, 0.3) is 0 Å². The van der Waals surface area contributed by atoms with E-state index in [9.17, 15) is 13.9 Å². The van der Waals surface area contributed by atoms with E-state index in [1.807, 2.05) is 0 Å². The second-order valence-corrected chi connectivity index (χ2v) is 5.60. The number of benzene rings is 1. The minimum Gasteiger partial charge on any atom is -0.435 e. The monoisotopic (exact) mass is 330 g/mol. The maximum atomic E-state index is 12.1. The molecule has 0 spiro atoms. The van der Waals surface area contributed by atoms with Gasteiger partial charge in [-0.3, -0.25) is 9.80 Å². The van der Waals surface area contributed by atoms with Crippen LogP contribution in [0.5, 0.6) is 5.75 Å². The van der Waals surface area contributed by atoms with Gasteiger partial charge >= 0.3 is 6.61 Å². The number of hydrogen-bond acceptors (Lipinski definition) is 5. The average molecular weight is 330 g/mol. The van der Waals surface area contributed by atoms with Crippen molar-refractivity contribution in [2.75, 3.05) is 53.0 Å². The van der Waals surface area contributed by atoms with Crippen molar-refractivity contribution >= 4 is 0 Å². The van der Waals surface area contributed by atoms with Crippen LogP contribution in [0.25, 0.3) is 0 Å². The van der Waals surface area contributed by atoms with Gasteiger partial charge in [-0.1, -0.05) is 12.1 Å². The topological polar surface area (TPSA) is 45.2 Å². The first kappa shape index (κ1) is 18.1. The van der Waals surface area contributed by atoms with Crippen molar-refractivity contribution in [3.8, 4) is 5.75 Å². The first-order valence-electron chi connectivity index (χ1n) is 7.75. The predicted octanol–water partition coefficient (Wildman–Crippen LogP) is 1.59. The Bertz CT molecular complexity index is 451. The zero-order chi connectivity index (χ0) is 16.7. The zero-order valence-electron chi connectivity index (χ0n) is 13.3. The fourth-order valence-corrected chi connectivity index (χ4v) is 2.64. The molecule has 2 rings (SSSR count). The average Bonchev–Trinajstić information content (AvgIpc) is 2.54. The third-order valence-corrected chi connectivity index (χ3v) is 4.00. The summed E-state index contributed by atoms with van der Waals surface area (Å²) in [6.07, 6.45) is -0.638. The minimum atomic E-state index is -2.83. The number of alkyl halides is 2. The summed E-state index contributed by atoms with van der Waals surface area (Å²) in [5.74, 6) is 0.0997. The second-order valence-electron chi connectivity index (χ2n) is 5.60. The molecule has 0 aromatic heterocycles. The van der Waals surface area contributed by atoms with E-state index in [-0.39, 0.29) is 5.75 Å². The summed E-state index contributed by atoms with van der Waals surface area (Å²) in [6.45, 7) is 3.07. The molecule has 0 aliphatic carbocycles. The number of rotatable bonds is 8. The number of aliphatic hydroxyl groups is 1. The fraction of sp³-hybridized carbons (Fsp3) is 0.625. The quantitative estimate of drug-likeness (QED) is 0.784. The summed E-state index contributed by atoms with van der Waals surface area (Å²) in [4.78, 5) is 4.54. The van der Waals surface area contributed by atoms with Gasteiger partial charge in [0.15, 0.2) is 0 Å². The van der Waals surface area contributed by atoms with Gasteiger partial charge in [-0.05, 0) is 17.7 Å². The van der Waals surface area contributed by atoms with Crippen molar-refractivity contribution in [1.82, 2.24) is 9.80 Å². The first-order chi connectivity index (χ1) is 11.1. The maximum Gasteiger partial charge on any atom is 0.387 e. The van der Waals surface area contributed by atoms with Gasteiger partial charge in [0.1, 0.15) is 5.75 Å². The van der Waals surface area contributed by atoms with E-state index < -0.39 is 12.7 Å². The molecule has 0 amide bonds. The van der Waals surface area contributed by atoms with Gasteiger partial charge in [-0.25, -0.2) is 0 Å². The normalized spacial score (nSPS) is 18.3. The largest absolute Gasteiger partial charge is 0.435 e. The highest BCUT2D eigenvalue weighted by Gasteiger charge is 2.19. The number of aliphatic hydroxyl groups excluding tert-OH is 1. The molecule has 1 aromatic rings. The Morgan fingerprint density at radius 1 is 1.09 bits per heavy atom. The van der Waals surface area contributed by atoms with Gasteiger partial charge < -0.3 is 14.6 Å². The molecule has 1 aliphatic heterocycles. The summed E-state index contributed by atoms with van der Waals surface area (Å²) >= 11 is 0. The molecule has 1 aliphatic rings. The van der Waals surface area contributed by atoms with Crippen LogP contribution in [-0.2, 0) is 4.74 Å². The van der Waals surface area contributed by atoms with E-state index in [1.54, 1.807) is 19.2 Å². The van der Waals surface area contributed by atoms with E-state index in [0.29, 0.717) is 12.1 Å². The van der Waals surface area contributed by atoms with Crippen molar-refractivity contribution in [3.63, 3.8) is 0 Å². The van der Waals surface area contributed by atoms with Crippen LogP contribution >= 0.6 is 0 Å². The zero-order valence-corrected chi connectivity index (χ0v) is 13.3. The molecule has 0 saturated carbocycles. The molecule has 1 unspecified atom stereocenters. The van der Waals surface area contributed by atoms with E-state index in [4.69, 9.17) is 4.74 Å². The molecule has 23 heavy (non-hydrogen) atoms. The molecule has 1 fully saturated rings. The van der Waals surface area contributed by atoms with Crippen molar-refractivity contribution in [2.24, 2.45) is 0 Å². The van der Waals surface area contributed by atoms with Gasteiger partial charge in [-0.15, -0.1) is 0 Å². The number of nitrogens with zero attached hydrogens (tertiary/aromatic N) is 2. The molecule has 1 heterocycles. The van der Waals surface area contributed by atoms with Gasteiger partial charge in [0.2, 0.25) is 0 Å². The highest BCUT2D eigenvalue weighted by molar-refractivity contribution is 5.28. The Kier molecular flexibility index (Phi) is 7.16. The molecule has 0 bridgehead atoms. The molecule has 1 aromatic carbocycles. The number of methoxy groups -OCH3 is 1. The number of β-amino-alcohol motifs (C(OH)–C–C–N with tert-alkyl or cyclic N) is 1. The summed E-state index contributed by atoms with van der Waals surface area (Å²) in [5, 5.41) is 10.3. The summed E-state index contributed by atoms with van der Waals surface area (Å²) < 4.78 is 33.6. The van der Waals surface area contributed by atoms with E-state index in [0.717, 1.165) is 39.3 Å². The van der Waals surface area contributed by atoms with Crippen LogP contribution in [0.4, 0.5) is 8.78 Å². The lowest BCUT2D eigenvalue weighted by atomic mass is 10.1. The Labute approximate surface area is 135 Å². The highest BCUT2D eigenvalue weighted by Crippen LogP contribution is 2.20. The summed E-state index contributed by atoms with van der Waals surface area (Å²) in [6, 6.07) is 6.15. The van der Waals surface area contributed by atoms with Crippen LogP contribution in [-0.4, -0.2) is 74.5 Å². The van der Waals surface area contributed by atoms with Gasteiger partial charge in [0, 0.05) is 46.4 Å². The Morgan fingerprint density at radius 3 is 2.26 bits per heavy atom. The van der Waals surface area contributed by atoms with Crippen molar-refractivity contribution in [2.45, 2.75) is 12.7 Å². The molecular weight excluding hydrogens is 306 g/mol. The molecule has 7 heteroatoms. The molecule has 0 radical (unpaired) electrons. The molecule has 1 N–H and O–H groups in total. The SMILES string of the molecule is COCCN1CCN(CC(O)c2ccc(OC(F)F)cc2)CC1. The number of ether oxygens (including phenoxy) is 2. The van der Waals surface area contributed by atoms with Gasteiger partial charge in [-0.2, -0.15) is 8.78 Å². The Balaban J connectivity index is 1.77. The van der Waals surface area contributed by atoms with Crippen molar-refractivity contribution in [3.05, 3.63) is 29.8 Å². The van der Waals surface area contributed by atoms with E-state index in [1.165, 1.54) is 12.1 Å². The maximum absolute atomic E-state index is 12.1. The fourth-order valence-electron chi connectivity index (χ4n) is 2.64. The van der Waals surface area contributed by atoms with Crippen LogP contribution in [0.2, 0.25) is 0 Å². The molecule has 130 valence electrons. The highest BCUT2D eigenvalue weighted by atomic mass is 19.3. The first-order valence-corrected chi connectivity index (χ1v) is 7.75. The van der Waals surface area contributed by atoms with Crippen LogP contribution < -0.4 is 4.74 Å². The number of piperazine rings is 1. The van der Waals surface area contributed by atoms with E-state index in [2.05, 4.69) is 14.5 Å². The van der Waals surface area contributed by atoms with Crippen LogP contribution in [0.15, 0.2) is 24.3 Å². The summed E-state index contributed by atoms with van der Waals surface area (Å²) in [5.41, 5.74) is 0.702. The lowest BCUT2D eigenvalue weighted by molar-refractivity contribution is -0.0498. The smallest absolute Gasteiger partial charge is 0.387 e. The number of hydrogen-bond donors (Lipinski definition) is 1. The van der Waals surface area contributed by atoms with Crippen LogP contribution in [0.3, 0.4) is 0 Å². The molecule has 1 saturated heterocycles. The second kappa shape index (κ2) is 9.12. The third kappa shape index (κ3) is 6.02.